The zero-order valence-corrected chi connectivity index (χ0v) is 19.0. The molecule has 1 amide bonds. The topological polar surface area (TPSA) is 50.8 Å². The zero-order chi connectivity index (χ0) is 22.5. The maximum atomic E-state index is 13.5. The number of benzene rings is 2. The molecule has 0 aromatic heterocycles. The maximum absolute atomic E-state index is 13.5. The van der Waals surface area contributed by atoms with Crippen molar-refractivity contribution >= 4 is 6.09 Å². The normalized spacial score (nSPS) is 27.9. The highest BCUT2D eigenvalue weighted by Crippen LogP contribution is 2.44. The second-order valence-corrected chi connectivity index (χ2v) is 10.1. The van der Waals surface area contributed by atoms with Crippen molar-refractivity contribution < 1.29 is 18.7 Å². The van der Waals surface area contributed by atoms with Crippen LogP contribution in [0.5, 0.6) is 5.75 Å². The molecule has 0 aliphatic carbocycles. The Labute approximate surface area is 188 Å². The van der Waals surface area contributed by atoms with Crippen molar-refractivity contribution in [2.75, 3.05) is 26.2 Å². The van der Waals surface area contributed by atoms with Gasteiger partial charge in [-0.05, 0) is 73.7 Å². The molecule has 3 fully saturated rings. The fourth-order valence-corrected chi connectivity index (χ4v) is 5.39. The summed E-state index contributed by atoms with van der Waals surface area (Å²) in [6.07, 6.45) is 1.83. The Morgan fingerprint density at radius 1 is 1.19 bits per heavy atom. The van der Waals surface area contributed by atoms with E-state index in [-0.39, 0.29) is 29.5 Å². The number of rotatable bonds is 3. The number of halogens is 1. The van der Waals surface area contributed by atoms with Gasteiger partial charge in [-0.15, -0.1) is 0 Å². The molecule has 4 aliphatic heterocycles. The van der Waals surface area contributed by atoms with Crippen molar-refractivity contribution in [3.05, 3.63) is 53.3 Å². The Kier molecular flexibility index (Phi) is 5.36. The third kappa shape index (κ3) is 3.96. The van der Waals surface area contributed by atoms with Crippen molar-refractivity contribution in [2.45, 2.75) is 45.8 Å². The van der Waals surface area contributed by atoms with Crippen LogP contribution in [0.15, 0.2) is 36.4 Å². The van der Waals surface area contributed by atoms with Gasteiger partial charge in [-0.2, -0.15) is 0 Å². The maximum Gasteiger partial charge on any atom is 0.407 e. The number of fused-ring (bicyclic) bond motifs is 4. The minimum absolute atomic E-state index is 0.0243. The van der Waals surface area contributed by atoms with E-state index in [0.717, 1.165) is 60.5 Å². The number of amides is 1. The Balaban J connectivity index is 1.36. The van der Waals surface area contributed by atoms with Gasteiger partial charge in [-0.1, -0.05) is 32.0 Å². The van der Waals surface area contributed by atoms with Crippen molar-refractivity contribution in [1.29, 1.82) is 0 Å². The Morgan fingerprint density at radius 2 is 1.97 bits per heavy atom. The predicted octanol–water partition coefficient (Wildman–Crippen LogP) is 5.08. The van der Waals surface area contributed by atoms with Crippen LogP contribution < -0.4 is 10.1 Å². The molecule has 0 saturated carbocycles. The van der Waals surface area contributed by atoms with Gasteiger partial charge in [0.05, 0.1) is 12.6 Å². The summed E-state index contributed by atoms with van der Waals surface area (Å²) in [5.41, 5.74) is 3.46. The monoisotopic (exact) mass is 438 g/mol. The first-order chi connectivity index (χ1) is 15.3. The lowest BCUT2D eigenvalue weighted by Gasteiger charge is -2.44. The summed E-state index contributed by atoms with van der Waals surface area (Å²) in [5, 5.41) is 3.14. The van der Waals surface area contributed by atoms with Gasteiger partial charge in [-0.3, -0.25) is 4.90 Å². The van der Waals surface area contributed by atoms with Crippen molar-refractivity contribution in [1.82, 2.24) is 10.2 Å². The molecule has 0 spiro atoms. The molecule has 4 heterocycles. The van der Waals surface area contributed by atoms with E-state index >= 15 is 0 Å². The third-order valence-corrected chi connectivity index (χ3v) is 7.32. The van der Waals surface area contributed by atoms with Gasteiger partial charge in [0.25, 0.3) is 0 Å². The second-order valence-electron chi connectivity index (χ2n) is 10.1. The molecule has 2 aromatic rings. The summed E-state index contributed by atoms with van der Waals surface area (Å²) in [7, 11) is 0. The van der Waals surface area contributed by atoms with E-state index in [1.54, 1.807) is 6.07 Å². The Hall–Kier alpha value is -2.60. The van der Waals surface area contributed by atoms with E-state index in [4.69, 9.17) is 9.47 Å². The van der Waals surface area contributed by atoms with Gasteiger partial charge >= 0.3 is 6.09 Å². The van der Waals surface area contributed by atoms with Crippen LogP contribution >= 0.6 is 0 Å². The lowest BCUT2D eigenvalue weighted by molar-refractivity contribution is -0.0361. The van der Waals surface area contributed by atoms with Crippen LogP contribution in [-0.2, 0) is 4.74 Å². The van der Waals surface area contributed by atoms with E-state index in [2.05, 4.69) is 24.1 Å². The highest BCUT2D eigenvalue weighted by molar-refractivity contribution is 5.71. The van der Waals surface area contributed by atoms with Gasteiger partial charge in [0.15, 0.2) is 0 Å². The molecular weight excluding hydrogens is 407 g/mol. The molecule has 170 valence electrons. The Morgan fingerprint density at radius 3 is 2.66 bits per heavy atom. The molecule has 3 saturated heterocycles. The van der Waals surface area contributed by atoms with Crippen molar-refractivity contribution in [3.8, 4) is 16.9 Å². The Bertz CT molecular complexity index is 1030. The summed E-state index contributed by atoms with van der Waals surface area (Å²) in [6, 6.07) is 10.6. The van der Waals surface area contributed by atoms with Crippen LogP contribution in [0.3, 0.4) is 0 Å². The number of carbonyl (C=O) groups excluding carboxylic acids is 1. The minimum atomic E-state index is -0.354. The van der Waals surface area contributed by atoms with Crippen LogP contribution in [-0.4, -0.2) is 43.3 Å². The third-order valence-electron chi connectivity index (χ3n) is 7.32. The molecule has 6 heteroatoms. The average Bonchev–Trinajstić information content (AvgIpc) is 2.76. The minimum Gasteiger partial charge on any atom is -0.493 e. The molecule has 1 N–H and O–H groups in total. The molecular formula is C26H31FN2O3. The van der Waals surface area contributed by atoms with E-state index in [1.807, 2.05) is 25.1 Å². The average molecular weight is 439 g/mol. The second kappa shape index (κ2) is 8.07. The summed E-state index contributed by atoms with van der Waals surface area (Å²) < 4.78 is 25.5. The smallest absolute Gasteiger partial charge is 0.407 e. The lowest BCUT2D eigenvalue weighted by Crippen LogP contribution is -2.53. The van der Waals surface area contributed by atoms with Gasteiger partial charge in [0.2, 0.25) is 0 Å². The van der Waals surface area contributed by atoms with E-state index in [0.29, 0.717) is 12.5 Å². The van der Waals surface area contributed by atoms with Crippen molar-refractivity contribution in [2.24, 2.45) is 11.3 Å². The quantitative estimate of drug-likeness (QED) is 0.726. The fraction of sp³-hybridized carbons (Fsp3) is 0.500. The van der Waals surface area contributed by atoms with Gasteiger partial charge in [0.1, 0.15) is 17.7 Å². The van der Waals surface area contributed by atoms with Gasteiger partial charge in [0, 0.05) is 17.5 Å². The zero-order valence-electron chi connectivity index (χ0n) is 19.0. The molecule has 2 bridgehead atoms. The number of hydrogen-bond donors (Lipinski definition) is 1. The van der Waals surface area contributed by atoms with Crippen LogP contribution in [0.4, 0.5) is 9.18 Å². The molecule has 1 unspecified atom stereocenters. The first-order valence-corrected chi connectivity index (χ1v) is 11.5. The molecule has 0 radical (unpaired) electrons. The standard InChI is InChI=1S/C26H31FN2O3/c1-16-12-19(27)5-7-20(16)18-4-6-21-22(13-18)31-15-26(2,3)24(21)28-25(30)32-23-14-29-10-8-17(23)9-11-29/h4-7,12-13,17,23-24H,8-11,14-15H2,1-3H3,(H,28,30)/t23-,24?/m0/s1. The number of aryl methyl sites for hydroxylation is 1. The number of nitrogens with one attached hydrogen (secondary N) is 1. The van der Waals surface area contributed by atoms with E-state index in [9.17, 15) is 9.18 Å². The fourth-order valence-electron chi connectivity index (χ4n) is 5.39. The van der Waals surface area contributed by atoms with Gasteiger partial charge < -0.3 is 14.8 Å². The summed E-state index contributed by atoms with van der Waals surface area (Å²) >= 11 is 0. The molecule has 2 aromatic carbocycles. The van der Waals surface area contributed by atoms with Crippen LogP contribution in [0.1, 0.15) is 43.9 Å². The highest BCUT2D eigenvalue weighted by atomic mass is 19.1. The molecule has 4 aliphatic rings. The van der Waals surface area contributed by atoms with Crippen LogP contribution in [0.2, 0.25) is 0 Å². The summed E-state index contributed by atoms with van der Waals surface area (Å²) in [5.74, 6) is 0.980. The van der Waals surface area contributed by atoms with Crippen LogP contribution in [0, 0.1) is 24.1 Å². The first kappa shape index (κ1) is 21.3. The number of ether oxygens (including phenoxy) is 2. The SMILES string of the molecule is Cc1cc(F)ccc1-c1ccc2c(c1)OCC(C)(C)C2NC(=O)O[C@H]1CN2CCC1CC2. The largest absolute Gasteiger partial charge is 0.493 e. The van der Waals surface area contributed by atoms with Crippen molar-refractivity contribution in [3.63, 3.8) is 0 Å². The number of alkyl carbamates (subject to hydrolysis) is 1. The van der Waals surface area contributed by atoms with Crippen LogP contribution in [0.25, 0.3) is 11.1 Å². The number of carbonyl (C=O) groups is 1. The number of nitrogens with zero attached hydrogens (tertiary/aromatic N) is 1. The first-order valence-electron chi connectivity index (χ1n) is 11.5. The number of piperidine rings is 3. The number of hydrogen-bond acceptors (Lipinski definition) is 4. The van der Waals surface area contributed by atoms with E-state index < -0.39 is 0 Å². The highest BCUT2D eigenvalue weighted by Gasteiger charge is 2.41. The van der Waals surface area contributed by atoms with Gasteiger partial charge in [-0.25, -0.2) is 9.18 Å². The summed E-state index contributed by atoms with van der Waals surface area (Å²) in [6.45, 7) is 9.63. The molecule has 6 rings (SSSR count). The molecule has 5 nitrogen and oxygen atoms in total. The predicted molar refractivity (Wildman–Crippen MR) is 121 cm³/mol. The molecule has 32 heavy (non-hydrogen) atoms. The molecule has 2 atom stereocenters. The van der Waals surface area contributed by atoms with E-state index in [1.165, 1.54) is 12.1 Å². The summed E-state index contributed by atoms with van der Waals surface area (Å²) in [4.78, 5) is 15.3. The lowest BCUT2D eigenvalue weighted by atomic mass is 9.78.